The first-order valence-electron chi connectivity index (χ1n) is 5.06. The van der Waals surface area contributed by atoms with Gasteiger partial charge >= 0.3 is 0 Å². The van der Waals surface area contributed by atoms with Crippen molar-refractivity contribution >= 4 is 11.6 Å². The molecule has 17 heavy (non-hydrogen) atoms. The van der Waals surface area contributed by atoms with Gasteiger partial charge in [0.15, 0.2) is 0 Å². The van der Waals surface area contributed by atoms with Gasteiger partial charge in [-0.05, 0) is 13.0 Å². The smallest absolute Gasteiger partial charge is 0.262 e. The number of benzene rings is 1. The maximum Gasteiger partial charge on any atom is 0.262 e. The quantitative estimate of drug-likeness (QED) is 0.859. The molecule has 0 aliphatic carbocycles. The minimum Gasteiger partial charge on any atom is -0.321 e. The number of halogens is 1. The normalized spacial score (nSPS) is 10.3. The molecule has 0 unspecified atom stereocenters. The Hall–Kier alpha value is -2.17. The van der Waals surface area contributed by atoms with Crippen LogP contribution >= 0.6 is 0 Å². The van der Waals surface area contributed by atoms with E-state index in [2.05, 4.69) is 16.5 Å². The minimum absolute atomic E-state index is 0.0373. The molecule has 2 rings (SSSR count). The molecule has 0 spiro atoms. The molecule has 1 aromatic heterocycles. The lowest BCUT2D eigenvalue weighted by Gasteiger charge is -2.03. The molecule has 87 valence electrons. The molecule has 0 aliphatic heterocycles. The van der Waals surface area contributed by atoms with Gasteiger partial charge < -0.3 is 5.32 Å². The molecule has 0 saturated heterocycles. The summed E-state index contributed by atoms with van der Waals surface area (Å²) in [5, 5.41) is 6.41. The second-order valence-corrected chi connectivity index (χ2v) is 3.61. The van der Waals surface area contributed by atoms with Crippen molar-refractivity contribution < 1.29 is 9.18 Å². The summed E-state index contributed by atoms with van der Waals surface area (Å²) in [5.74, 6) is -1.16. The number of anilines is 1. The highest BCUT2D eigenvalue weighted by atomic mass is 19.1. The van der Waals surface area contributed by atoms with Gasteiger partial charge in [0, 0.05) is 18.8 Å². The molecule has 1 aromatic carbocycles. The average Bonchev–Trinajstić information content (AvgIpc) is 2.54. The van der Waals surface area contributed by atoms with E-state index in [1.54, 1.807) is 31.2 Å². The molecular formula is C12H11FN3O. The van der Waals surface area contributed by atoms with E-state index in [1.807, 2.05) is 0 Å². The van der Waals surface area contributed by atoms with Crippen LogP contribution in [-0.2, 0) is 7.05 Å². The fraction of sp³-hybridized carbons (Fsp3) is 0.167. The van der Waals surface area contributed by atoms with Crippen molar-refractivity contribution in [1.82, 2.24) is 9.78 Å². The van der Waals surface area contributed by atoms with Gasteiger partial charge in [-0.1, -0.05) is 18.2 Å². The molecule has 0 atom stereocenters. The first-order chi connectivity index (χ1) is 8.09. The molecule has 1 heterocycles. The molecule has 0 aliphatic rings. The van der Waals surface area contributed by atoms with Crippen molar-refractivity contribution in [2.45, 2.75) is 6.92 Å². The van der Waals surface area contributed by atoms with E-state index in [9.17, 15) is 9.18 Å². The average molecular weight is 232 g/mol. The van der Waals surface area contributed by atoms with Gasteiger partial charge in [-0.3, -0.25) is 4.79 Å². The Morgan fingerprint density at radius 3 is 2.82 bits per heavy atom. The first kappa shape index (κ1) is 11.3. The van der Waals surface area contributed by atoms with Crippen molar-refractivity contribution in [3.63, 3.8) is 0 Å². The topological polar surface area (TPSA) is 46.9 Å². The zero-order valence-corrected chi connectivity index (χ0v) is 9.49. The highest BCUT2D eigenvalue weighted by Crippen LogP contribution is 2.14. The third kappa shape index (κ3) is 2.18. The van der Waals surface area contributed by atoms with Gasteiger partial charge in [0.25, 0.3) is 5.91 Å². The van der Waals surface area contributed by atoms with E-state index >= 15 is 0 Å². The number of hydrogen-bond acceptors (Lipinski definition) is 2. The number of para-hydroxylation sites is 1. The lowest BCUT2D eigenvalue weighted by molar-refractivity contribution is 0.102. The third-order valence-corrected chi connectivity index (χ3v) is 2.34. The van der Waals surface area contributed by atoms with Crippen molar-refractivity contribution in [3.05, 3.63) is 47.5 Å². The maximum atomic E-state index is 13.6. The molecule has 1 radical (unpaired) electrons. The van der Waals surface area contributed by atoms with Crippen molar-refractivity contribution in [2.24, 2.45) is 7.05 Å². The number of amides is 1. The van der Waals surface area contributed by atoms with Crippen LogP contribution < -0.4 is 5.32 Å². The number of nitrogens with zero attached hydrogens (tertiary/aromatic N) is 2. The monoisotopic (exact) mass is 232 g/mol. The standard InChI is InChI=1S/C12H11FN3O/c1-8-10(11(13)16(2)15-8)12(17)14-9-6-4-3-5-7-9/h3-6H,1-2H3,(H,14,17). The molecule has 4 nitrogen and oxygen atoms in total. The van der Waals surface area contributed by atoms with E-state index in [0.29, 0.717) is 11.4 Å². The Bertz CT molecular complexity index is 548. The number of rotatable bonds is 2. The number of hydrogen-bond donors (Lipinski definition) is 1. The van der Waals surface area contributed by atoms with Gasteiger partial charge in [0.05, 0.1) is 5.69 Å². The number of aromatic nitrogens is 2. The van der Waals surface area contributed by atoms with Gasteiger partial charge in [-0.15, -0.1) is 0 Å². The van der Waals surface area contributed by atoms with Crippen LogP contribution in [0.3, 0.4) is 0 Å². The van der Waals surface area contributed by atoms with Crippen LogP contribution in [0.1, 0.15) is 16.1 Å². The third-order valence-electron chi connectivity index (χ3n) is 2.34. The van der Waals surface area contributed by atoms with Crippen molar-refractivity contribution in [2.75, 3.05) is 5.32 Å². The number of carbonyl (C=O) groups is 1. The SMILES string of the molecule is Cc1nn(C)c(F)c1C(=O)Nc1[c]cccc1. The summed E-state index contributed by atoms with van der Waals surface area (Å²) >= 11 is 0. The van der Waals surface area contributed by atoms with Crippen LogP contribution in [0.5, 0.6) is 0 Å². The van der Waals surface area contributed by atoms with E-state index in [-0.39, 0.29) is 5.56 Å². The number of nitrogens with one attached hydrogen (secondary N) is 1. The van der Waals surface area contributed by atoms with Gasteiger partial charge in [-0.25, -0.2) is 4.68 Å². The second-order valence-electron chi connectivity index (χ2n) is 3.61. The molecule has 1 amide bonds. The van der Waals surface area contributed by atoms with Crippen LogP contribution in [0.15, 0.2) is 24.3 Å². The Balaban J connectivity index is 2.27. The van der Waals surface area contributed by atoms with E-state index < -0.39 is 11.9 Å². The van der Waals surface area contributed by atoms with Crippen LogP contribution in [0.2, 0.25) is 0 Å². The zero-order chi connectivity index (χ0) is 12.4. The fourth-order valence-electron chi connectivity index (χ4n) is 1.54. The number of carbonyl (C=O) groups excluding carboxylic acids is 1. The summed E-state index contributed by atoms with van der Waals surface area (Å²) in [6.45, 7) is 1.59. The Kier molecular flexibility index (Phi) is 2.91. The maximum absolute atomic E-state index is 13.6. The van der Waals surface area contributed by atoms with Crippen molar-refractivity contribution in [3.8, 4) is 0 Å². The molecule has 0 bridgehead atoms. The molecule has 1 N–H and O–H groups in total. The largest absolute Gasteiger partial charge is 0.321 e. The van der Waals surface area contributed by atoms with Crippen LogP contribution in [0.4, 0.5) is 10.1 Å². The number of aryl methyl sites for hydroxylation is 2. The lowest BCUT2D eigenvalue weighted by Crippen LogP contribution is -2.14. The lowest BCUT2D eigenvalue weighted by atomic mass is 10.2. The summed E-state index contributed by atoms with van der Waals surface area (Å²) in [4.78, 5) is 11.8. The summed E-state index contributed by atoms with van der Waals surface area (Å²) < 4.78 is 14.6. The van der Waals surface area contributed by atoms with Gasteiger partial charge in [0.2, 0.25) is 5.95 Å². The Morgan fingerprint density at radius 2 is 2.29 bits per heavy atom. The Labute approximate surface area is 98.1 Å². The molecule has 5 heteroatoms. The predicted molar refractivity (Wildman–Crippen MR) is 61.1 cm³/mol. The first-order valence-corrected chi connectivity index (χ1v) is 5.06. The summed E-state index contributed by atoms with van der Waals surface area (Å²) in [6.07, 6.45) is 0. The Morgan fingerprint density at radius 1 is 1.53 bits per heavy atom. The van der Waals surface area contributed by atoms with Gasteiger partial charge in [-0.2, -0.15) is 9.49 Å². The van der Waals surface area contributed by atoms with E-state index in [1.165, 1.54) is 7.05 Å². The molecule has 0 fully saturated rings. The molecule has 0 saturated carbocycles. The van der Waals surface area contributed by atoms with Crippen LogP contribution in [0, 0.1) is 18.9 Å². The zero-order valence-electron chi connectivity index (χ0n) is 9.49. The van der Waals surface area contributed by atoms with Crippen molar-refractivity contribution in [1.29, 1.82) is 0 Å². The molecule has 2 aromatic rings. The summed E-state index contributed by atoms with van der Waals surface area (Å²) in [5.41, 5.74) is 0.823. The van der Waals surface area contributed by atoms with Crippen LogP contribution in [-0.4, -0.2) is 15.7 Å². The van der Waals surface area contributed by atoms with E-state index in [0.717, 1.165) is 4.68 Å². The molecular weight excluding hydrogens is 221 g/mol. The summed E-state index contributed by atoms with van der Waals surface area (Å²) in [7, 11) is 1.45. The van der Waals surface area contributed by atoms with Crippen LogP contribution in [0.25, 0.3) is 0 Å². The predicted octanol–water partition coefficient (Wildman–Crippen LogP) is 1.92. The van der Waals surface area contributed by atoms with E-state index in [4.69, 9.17) is 0 Å². The minimum atomic E-state index is -0.643. The highest BCUT2D eigenvalue weighted by molar-refractivity contribution is 6.04. The fourth-order valence-corrected chi connectivity index (χ4v) is 1.54. The highest BCUT2D eigenvalue weighted by Gasteiger charge is 2.20. The second kappa shape index (κ2) is 4.37. The van der Waals surface area contributed by atoms with Gasteiger partial charge in [0.1, 0.15) is 5.56 Å². The summed E-state index contributed by atoms with van der Waals surface area (Å²) in [6, 6.07) is 9.73.